The number of nitrogens with zero attached hydrogens (tertiary/aromatic N) is 3. The molecule has 4 rings (SSSR count). The molecular weight excluding hydrogens is 406 g/mol. The van der Waals surface area contributed by atoms with Crippen LogP contribution in [0.15, 0.2) is 69.3 Å². The Hall–Kier alpha value is -3.81. The first-order valence-electron chi connectivity index (χ1n) is 10.8. The molecule has 1 aliphatic heterocycles. The van der Waals surface area contributed by atoms with Gasteiger partial charge in [0.25, 0.3) is 5.56 Å². The Kier molecular flexibility index (Phi) is 6.11. The highest BCUT2D eigenvalue weighted by molar-refractivity contribution is 6.03. The van der Waals surface area contributed by atoms with Crippen LogP contribution in [-0.2, 0) is 6.54 Å². The summed E-state index contributed by atoms with van der Waals surface area (Å²) in [7, 11) is 0. The third-order valence-electron chi connectivity index (χ3n) is 5.82. The molecule has 32 heavy (non-hydrogen) atoms. The highest BCUT2D eigenvalue weighted by atomic mass is 16.3. The fourth-order valence-corrected chi connectivity index (χ4v) is 4.03. The van der Waals surface area contributed by atoms with Gasteiger partial charge in [-0.1, -0.05) is 42.5 Å². The topological polar surface area (TPSA) is 103 Å². The number of H-pyrrole nitrogens is 1. The van der Waals surface area contributed by atoms with Crippen LogP contribution in [-0.4, -0.2) is 33.5 Å². The number of anilines is 1. The molecule has 0 fully saturated rings. The van der Waals surface area contributed by atoms with Crippen molar-refractivity contribution in [3.8, 4) is 5.88 Å². The summed E-state index contributed by atoms with van der Waals surface area (Å²) in [5.74, 6) is -0.374. The number of aromatic hydroxyl groups is 1. The van der Waals surface area contributed by atoms with E-state index in [1.165, 1.54) is 0 Å². The Labute approximate surface area is 185 Å². The molecule has 0 radical (unpaired) electrons. The van der Waals surface area contributed by atoms with Crippen LogP contribution in [0.2, 0.25) is 0 Å². The molecule has 0 aliphatic carbocycles. The third-order valence-corrected chi connectivity index (χ3v) is 5.82. The van der Waals surface area contributed by atoms with Crippen LogP contribution >= 0.6 is 0 Å². The molecule has 2 aromatic carbocycles. The predicted octanol–water partition coefficient (Wildman–Crippen LogP) is 2.58. The standard InChI is InChI=1S/C24H27N5O3/c1-3-28(4-2)18-12-10-17(11-13-18)19-14-20(27-26-19)21-22(30)25-24(32)29(23(21)31)15-16-8-6-5-7-9-16/h5-13,19,26,31H,3-4,14-15H2,1-2H3,(H,25,30,32). The summed E-state index contributed by atoms with van der Waals surface area (Å²) in [5, 5.41) is 15.1. The molecule has 0 bridgehead atoms. The number of hydrogen-bond acceptors (Lipinski definition) is 6. The largest absolute Gasteiger partial charge is 0.494 e. The number of nitrogens with one attached hydrogen (secondary N) is 2. The minimum atomic E-state index is -0.657. The van der Waals surface area contributed by atoms with E-state index in [1.54, 1.807) is 0 Å². The molecule has 166 valence electrons. The van der Waals surface area contributed by atoms with E-state index in [1.807, 2.05) is 42.5 Å². The van der Waals surface area contributed by atoms with Crippen molar-refractivity contribution in [2.75, 3.05) is 18.0 Å². The zero-order valence-corrected chi connectivity index (χ0v) is 18.2. The first-order valence-corrected chi connectivity index (χ1v) is 10.8. The molecule has 8 nitrogen and oxygen atoms in total. The van der Waals surface area contributed by atoms with Crippen LogP contribution in [0.3, 0.4) is 0 Å². The van der Waals surface area contributed by atoms with Crippen LogP contribution in [0.4, 0.5) is 5.69 Å². The Morgan fingerprint density at radius 3 is 2.41 bits per heavy atom. The van der Waals surface area contributed by atoms with Gasteiger partial charge in [-0.15, -0.1) is 0 Å². The Balaban J connectivity index is 1.58. The smallest absolute Gasteiger partial charge is 0.331 e. The number of rotatable bonds is 7. The minimum Gasteiger partial charge on any atom is -0.494 e. The van der Waals surface area contributed by atoms with Gasteiger partial charge in [-0.05, 0) is 37.1 Å². The number of benzene rings is 2. The monoisotopic (exact) mass is 433 g/mol. The van der Waals surface area contributed by atoms with Crippen molar-refractivity contribution in [1.82, 2.24) is 15.0 Å². The summed E-state index contributed by atoms with van der Waals surface area (Å²) in [6, 6.07) is 17.4. The van der Waals surface area contributed by atoms with Gasteiger partial charge in [0.1, 0.15) is 5.56 Å². The quantitative estimate of drug-likeness (QED) is 0.532. The van der Waals surface area contributed by atoms with Crippen molar-refractivity contribution in [3.05, 3.63) is 92.1 Å². The van der Waals surface area contributed by atoms with Crippen LogP contribution in [0.1, 0.15) is 43.0 Å². The van der Waals surface area contributed by atoms with Crippen LogP contribution in [0.25, 0.3) is 0 Å². The molecule has 3 N–H and O–H groups in total. The van der Waals surface area contributed by atoms with Crippen LogP contribution < -0.4 is 21.6 Å². The van der Waals surface area contributed by atoms with Gasteiger partial charge in [-0.2, -0.15) is 5.10 Å². The van der Waals surface area contributed by atoms with Crippen LogP contribution in [0.5, 0.6) is 5.88 Å². The second-order valence-corrected chi connectivity index (χ2v) is 7.74. The molecule has 1 atom stereocenters. The molecular formula is C24H27N5O3. The zero-order valence-electron chi connectivity index (χ0n) is 18.2. The van der Waals surface area contributed by atoms with E-state index in [2.05, 4.69) is 46.4 Å². The van der Waals surface area contributed by atoms with Crippen molar-refractivity contribution in [1.29, 1.82) is 0 Å². The van der Waals surface area contributed by atoms with E-state index < -0.39 is 11.2 Å². The molecule has 0 spiro atoms. The Morgan fingerprint density at radius 1 is 1.06 bits per heavy atom. The van der Waals surface area contributed by atoms with Gasteiger partial charge in [0.2, 0.25) is 5.88 Å². The lowest BCUT2D eigenvalue weighted by Gasteiger charge is -2.21. The third kappa shape index (κ3) is 4.16. The first kappa shape index (κ1) is 21.4. The fraction of sp³-hybridized carbons (Fsp3) is 0.292. The minimum absolute atomic E-state index is 0.0234. The van der Waals surface area contributed by atoms with E-state index in [9.17, 15) is 14.7 Å². The van der Waals surface area contributed by atoms with Gasteiger partial charge >= 0.3 is 5.69 Å². The van der Waals surface area contributed by atoms with Crippen molar-refractivity contribution >= 4 is 11.4 Å². The van der Waals surface area contributed by atoms with Gasteiger partial charge in [0.05, 0.1) is 18.3 Å². The molecule has 1 unspecified atom stereocenters. The molecule has 1 aromatic heterocycles. The second kappa shape index (κ2) is 9.13. The molecule has 1 aliphatic rings. The van der Waals surface area contributed by atoms with Gasteiger partial charge in [-0.3, -0.25) is 14.3 Å². The SMILES string of the molecule is CCN(CC)c1ccc(C2CC(c3c(O)n(Cc4ccccc4)c(=O)[nH]c3=O)=NN2)cc1. The van der Waals surface area contributed by atoms with Gasteiger partial charge in [-0.25, -0.2) is 4.79 Å². The molecule has 3 aromatic rings. The normalized spacial score (nSPS) is 15.3. The molecule has 2 heterocycles. The van der Waals surface area contributed by atoms with Crippen molar-refractivity contribution in [2.24, 2.45) is 5.10 Å². The summed E-state index contributed by atoms with van der Waals surface area (Å²) in [4.78, 5) is 29.5. The van der Waals surface area contributed by atoms with Gasteiger partial charge in [0.15, 0.2) is 0 Å². The maximum Gasteiger partial charge on any atom is 0.331 e. The summed E-state index contributed by atoms with van der Waals surface area (Å²) < 4.78 is 1.15. The van der Waals surface area contributed by atoms with E-state index >= 15 is 0 Å². The van der Waals surface area contributed by atoms with E-state index in [0.29, 0.717) is 12.1 Å². The lowest BCUT2D eigenvalue weighted by atomic mass is 9.99. The molecule has 0 amide bonds. The lowest BCUT2D eigenvalue weighted by molar-refractivity contribution is 0.408. The average Bonchev–Trinajstić information content (AvgIpc) is 3.28. The summed E-state index contributed by atoms with van der Waals surface area (Å²) >= 11 is 0. The number of aromatic nitrogens is 2. The van der Waals surface area contributed by atoms with E-state index in [4.69, 9.17) is 0 Å². The molecule has 0 saturated heterocycles. The Morgan fingerprint density at radius 2 is 1.75 bits per heavy atom. The van der Waals surface area contributed by atoms with Crippen molar-refractivity contribution in [2.45, 2.75) is 32.9 Å². The average molecular weight is 434 g/mol. The Bertz CT molecular complexity index is 1230. The summed E-state index contributed by atoms with van der Waals surface area (Å²) in [5.41, 5.74) is 5.22. The van der Waals surface area contributed by atoms with Gasteiger partial charge < -0.3 is 15.4 Å². The number of hydrogen-bond donors (Lipinski definition) is 3. The highest BCUT2D eigenvalue weighted by Crippen LogP contribution is 2.27. The van der Waals surface area contributed by atoms with Crippen molar-refractivity contribution in [3.63, 3.8) is 0 Å². The van der Waals surface area contributed by atoms with Crippen molar-refractivity contribution < 1.29 is 5.11 Å². The second-order valence-electron chi connectivity index (χ2n) is 7.74. The highest BCUT2D eigenvalue weighted by Gasteiger charge is 2.27. The summed E-state index contributed by atoms with van der Waals surface area (Å²) in [6.45, 7) is 6.26. The zero-order chi connectivity index (χ0) is 22.7. The number of aromatic amines is 1. The van der Waals surface area contributed by atoms with Gasteiger partial charge in [0, 0.05) is 25.2 Å². The van der Waals surface area contributed by atoms with E-state index in [0.717, 1.165) is 34.5 Å². The predicted molar refractivity (Wildman–Crippen MR) is 126 cm³/mol. The number of hydrazone groups is 1. The maximum absolute atomic E-state index is 12.5. The first-order chi connectivity index (χ1) is 15.5. The van der Waals surface area contributed by atoms with E-state index in [-0.39, 0.29) is 24.0 Å². The molecule has 0 saturated carbocycles. The summed E-state index contributed by atoms with van der Waals surface area (Å²) in [6.07, 6.45) is 0.421. The van der Waals surface area contributed by atoms with Crippen LogP contribution in [0, 0.1) is 0 Å². The fourth-order valence-electron chi connectivity index (χ4n) is 4.03. The lowest BCUT2D eigenvalue weighted by Crippen LogP contribution is -2.34. The maximum atomic E-state index is 12.5. The molecule has 8 heteroatoms.